The molecule has 1 aromatic heterocycles. The topological polar surface area (TPSA) is 71.2 Å². The number of rotatable bonds is 3. The highest BCUT2D eigenvalue weighted by atomic mass is 16.2. The Balaban J connectivity index is 1.99. The van der Waals surface area contributed by atoms with Gasteiger partial charge in [0.2, 0.25) is 5.91 Å². The minimum Gasteiger partial charge on any atom is -0.396 e. The zero-order chi connectivity index (χ0) is 13.8. The Kier molecular flexibility index (Phi) is 4.24. The van der Waals surface area contributed by atoms with E-state index in [4.69, 9.17) is 5.73 Å². The van der Waals surface area contributed by atoms with E-state index in [-0.39, 0.29) is 11.9 Å². The molecule has 1 saturated heterocycles. The number of piperidine rings is 1. The van der Waals surface area contributed by atoms with Gasteiger partial charge in [-0.25, -0.2) is 4.98 Å². The summed E-state index contributed by atoms with van der Waals surface area (Å²) in [4.78, 5) is 18.4. The maximum Gasteiger partial charge on any atom is 0.244 e. The second-order valence-electron chi connectivity index (χ2n) is 5.20. The summed E-state index contributed by atoms with van der Waals surface area (Å²) >= 11 is 0. The number of aromatic nitrogens is 1. The maximum absolute atomic E-state index is 12.3. The third-order valence-corrected chi connectivity index (χ3v) is 3.45. The summed E-state index contributed by atoms with van der Waals surface area (Å²) in [5, 5.41) is 3.11. The van der Waals surface area contributed by atoms with Crippen LogP contribution >= 0.6 is 0 Å². The van der Waals surface area contributed by atoms with E-state index < -0.39 is 0 Å². The molecule has 19 heavy (non-hydrogen) atoms. The molecule has 1 fully saturated rings. The Morgan fingerprint density at radius 1 is 1.42 bits per heavy atom. The lowest BCUT2D eigenvalue weighted by molar-refractivity contribution is -0.132. The molecule has 1 unspecified atom stereocenters. The first-order chi connectivity index (χ1) is 9.08. The molecule has 1 amide bonds. The average molecular weight is 262 g/mol. The number of aryl methyl sites for hydroxylation is 1. The quantitative estimate of drug-likeness (QED) is 0.871. The Bertz CT molecular complexity index is 455. The Morgan fingerprint density at radius 2 is 2.11 bits per heavy atom. The number of pyridine rings is 1. The molecule has 0 bridgehead atoms. The van der Waals surface area contributed by atoms with Crippen LogP contribution in [0.5, 0.6) is 0 Å². The van der Waals surface area contributed by atoms with Crippen LogP contribution in [0.2, 0.25) is 0 Å². The van der Waals surface area contributed by atoms with Crippen molar-refractivity contribution in [3.8, 4) is 0 Å². The fourth-order valence-corrected chi connectivity index (χ4v) is 2.37. The van der Waals surface area contributed by atoms with E-state index in [1.165, 1.54) is 6.42 Å². The Hall–Kier alpha value is -1.78. The van der Waals surface area contributed by atoms with Crippen molar-refractivity contribution in [3.05, 3.63) is 17.8 Å². The van der Waals surface area contributed by atoms with Crippen LogP contribution in [-0.2, 0) is 4.79 Å². The van der Waals surface area contributed by atoms with Gasteiger partial charge >= 0.3 is 0 Å². The van der Waals surface area contributed by atoms with Crippen LogP contribution in [0.4, 0.5) is 11.5 Å². The number of nitrogens with zero attached hydrogens (tertiary/aromatic N) is 2. The summed E-state index contributed by atoms with van der Waals surface area (Å²) in [6.45, 7) is 5.52. The van der Waals surface area contributed by atoms with Crippen molar-refractivity contribution in [1.82, 2.24) is 9.88 Å². The number of nitrogens with one attached hydrogen (secondary N) is 1. The lowest BCUT2D eigenvalue weighted by atomic mass is 10.1. The summed E-state index contributed by atoms with van der Waals surface area (Å²) < 4.78 is 0. The van der Waals surface area contributed by atoms with Gasteiger partial charge < -0.3 is 16.0 Å². The second-order valence-corrected chi connectivity index (χ2v) is 5.20. The molecule has 5 heteroatoms. The van der Waals surface area contributed by atoms with E-state index in [2.05, 4.69) is 10.3 Å². The third-order valence-electron chi connectivity index (χ3n) is 3.45. The van der Waals surface area contributed by atoms with Crippen LogP contribution in [0.3, 0.4) is 0 Å². The number of hydrogen-bond acceptors (Lipinski definition) is 4. The highest BCUT2D eigenvalue weighted by Gasteiger charge is 2.22. The van der Waals surface area contributed by atoms with Crippen LogP contribution in [0, 0.1) is 6.92 Å². The first-order valence-electron chi connectivity index (χ1n) is 6.85. The van der Waals surface area contributed by atoms with Gasteiger partial charge in [-0.05, 0) is 44.7 Å². The van der Waals surface area contributed by atoms with Crippen molar-refractivity contribution < 1.29 is 4.79 Å². The van der Waals surface area contributed by atoms with Gasteiger partial charge in [0, 0.05) is 19.3 Å². The molecule has 104 valence electrons. The van der Waals surface area contributed by atoms with Crippen LogP contribution in [0.15, 0.2) is 12.3 Å². The predicted molar refractivity (Wildman–Crippen MR) is 76.9 cm³/mol. The Morgan fingerprint density at radius 3 is 2.74 bits per heavy atom. The molecular weight excluding hydrogens is 240 g/mol. The third kappa shape index (κ3) is 3.36. The number of nitrogens with two attached hydrogens (primary N) is 1. The molecule has 2 rings (SSSR count). The van der Waals surface area contributed by atoms with Gasteiger partial charge in [0.1, 0.15) is 11.9 Å². The zero-order valence-corrected chi connectivity index (χ0v) is 11.6. The normalized spacial score (nSPS) is 17.1. The summed E-state index contributed by atoms with van der Waals surface area (Å²) in [5.41, 5.74) is 7.49. The van der Waals surface area contributed by atoms with Gasteiger partial charge in [-0.3, -0.25) is 4.79 Å². The van der Waals surface area contributed by atoms with E-state index in [1.54, 1.807) is 6.20 Å². The van der Waals surface area contributed by atoms with Crippen LogP contribution in [0.1, 0.15) is 31.7 Å². The summed E-state index contributed by atoms with van der Waals surface area (Å²) in [7, 11) is 0. The molecule has 5 nitrogen and oxygen atoms in total. The van der Waals surface area contributed by atoms with E-state index in [0.29, 0.717) is 11.5 Å². The zero-order valence-electron chi connectivity index (χ0n) is 11.6. The van der Waals surface area contributed by atoms with Crippen LogP contribution in [0.25, 0.3) is 0 Å². The molecule has 2 heterocycles. The van der Waals surface area contributed by atoms with E-state index in [9.17, 15) is 4.79 Å². The molecule has 0 aliphatic carbocycles. The molecule has 0 saturated carbocycles. The standard InChI is InChI=1S/C14H22N4O/c1-10-8-12(15)13(16-9-10)17-11(2)14(19)18-6-4-3-5-7-18/h8-9,11H,3-7,15H2,1-2H3,(H,16,17). The number of carbonyl (C=O) groups is 1. The molecule has 1 atom stereocenters. The maximum atomic E-state index is 12.3. The highest BCUT2D eigenvalue weighted by Crippen LogP contribution is 2.18. The molecule has 0 aromatic carbocycles. The second kappa shape index (κ2) is 5.91. The minimum absolute atomic E-state index is 0.126. The number of anilines is 2. The monoisotopic (exact) mass is 262 g/mol. The molecule has 0 radical (unpaired) electrons. The van der Waals surface area contributed by atoms with Crippen LogP contribution < -0.4 is 11.1 Å². The smallest absolute Gasteiger partial charge is 0.244 e. The van der Waals surface area contributed by atoms with E-state index in [1.807, 2.05) is 24.8 Å². The Labute approximate surface area is 114 Å². The summed E-state index contributed by atoms with van der Waals surface area (Å²) in [5.74, 6) is 0.713. The van der Waals surface area contributed by atoms with Crippen molar-refractivity contribution in [2.75, 3.05) is 24.1 Å². The number of likely N-dealkylation sites (tertiary alicyclic amines) is 1. The SMILES string of the molecule is Cc1cnc(NC(C)C(=O)N2CCCCC2)c(N)c1. The molecule has 3 N–H and O–H groups in total. The van der Waals surface area contributed by atoms with Gasteiger partial charge in [-0.15, -0.1) is 0 Å². The van der Waals surface area contributed by atoms with Crippen molar-refractivity contribution in [2.24, 2.45) is 0 Å². The van der Waals surface area contributed by atoms with Gasteiger partial charge in [-0.1, -0.05) is 0 Å². The van der Waals surface area contributed by atoms with Crippen molar-refractivity contribution in [3.63, 3.8) is 0 Å². The lowest BCUT2D eigenvalue weighted by Crippen LogP contribution is -2.44. The molecular formula is C14H22N4O. The minimum atomic E-state index is -0.296. The molecule has 0 spiro atoms. The molecule has 1 aliphatic rings. The fraction of sp³-hybridized carbons (Fsp3) is 0.571. The summed E-state index contributed by atoms with van der Waals surface area (Å²) in [6, 6.07) is 1.56. The van der Waals surface area contributed by atoms with Crippen LogP contribution in [-0.4, -0.2) is 34.9 Å². The van der Waals surface area contributed by atoms with Crippen molar-refractivity contribution >= 4 is 17.4 Å². The number of nitrogen functional groups attached to an aromatic ring is 1. The fourth-order valence-electron chi connectivity index (χ4n) is 2.37. The first-order valence-corrected chi connectivity index (χ1v) is 6.85. The van der Waals surface area contributed by atoms with E-state index >= 15 is 0 Å². The number of hydrogen-bond donors (Lipinski definition) is 2. The van der Waals surface area contributed by atoms with Crippen molar-refractivity contribution in [2.45, 2.75) is 39.2 Å². The average Bonchev–Trinajstić information content (AvgIpc) is 2.42. The van der Waals surface area contributed by atoms with E-state index in [0.717, 1.165) is 31.5 Å². The van der Waals surface area contributed by atoms with Gasteiger partial charge in [0.05, 0.1) is 5.69 Å². The van der Waals surface area contributed by atoms with Gasteiger partial charge in [0.15, 0.2) is 0 Å². The molecule has 1 aromatic rings. The number of carbonyl (C=O) groups excluding carboxylic acids is 1. The predicted octanol–water partition coefficient (Wildman–Crippen LogP) is 1.79. The number of amides is 1. The summed E-state index contributed by atoms with van der Waals surface area (Å²) in [6.07, 6.45) is 5.17. The van der Waals surface area contributed by atoms with Gasteiger partial charge in [0.25, 0.3) is 0 Å². The first kappa shape index (κ1) is 13.6. The van der Waals surface area contributed by atoms with Crippen molar-refractivity contribution in [1.29, 1.82) is 0 Å². The van der Waals surface area contributed by atoms with Gasteiger partial charge in [-0.2, -0.15) is 0 Å². The molecule has 1 aliphatic heterocycles. The highest BCUT2D eigenvalue weighted by molar-refractivity contribution is 5.85. The lowest BCUT2D eigenvalue weighted by Gasteiger charge is -2.29. The largest absolute Gasteiger partial charge is 0.396 e.